The molecule has 3 heteroatoms. The van der Waals surface area contributed by atoms with Gasteiger partial charge in [0.2, 0.25) is 0 Å². The van der Waals surface area contributed by atoms with Crippen molar-refractivity contribution in [1.82, 2.24) is 5.32 Å². The number of carbonyl (C=O) groups is 1. The van der Waals surface area contributed by atoms with Crippen molar-refractivity contribution >= 4 is 17.1 Å². The Morgan fingerprint density at radius 3 is 3.08 bits per heavy atom. The average molecular weight is 197 g/mol. The fraction of sp³-hybridized carbons (Fsp3) is 0.500. The molecule has 0 bridgehead atoms. The van der Waals surface area contributed by atoms with Gasteiger partial charge in [-0.15, -0.1) is 0 Å². The first-order valence-electron chi connectivity index (χ1n) is 4.50. The Balaban J connectivity index is 2.18. The Hall–Kier alpha value is -0.670. The highest BCUT2D eigenvalue weighted by Gasteiger charge is 2.02. The van der Waals surface area contributed by atoms with Crippen molar-refractivity contribution in [2.75, 3.05) is 13.6 Å². The third-order valence-corrected chi connectivity index (χ3v) is 2.60. The third kappa shape index (κ3) is 4.20. The monoisotopic (exact) mass is 197 g/mol. The zero-order valence-corrected chi connectivity index (χ0v) is 8.69. The number of hydrogen-bond donors (Lipinski definition) is 1. The first-order valence-corrected chi connectivity index (χ1v) is 5.44. The van der Waals surface area contributed by atoms with E-state index in [0.717, 1.165) is 18.5 Å². The zero-order chi connectivity index (χ0) is 9.52. The minimum absolute atomic E-state index is 0.341. The second-order valence-electron chi connectivity index (χ2n) is 3.05. The summed E-state index contributed by atoms with van der Waals surface area (Å²) in [5.41, 5.74) is 1.15. The standard InChI is InChI=1S/C10H15NOS/c1-11-5-2-3-10(12)7-9-4-6-13-8-9/h4,6,8,11H,2-3,5,7H2,1H3. The predicted molar refractivity (Wildman–Crippen MR) is 56.2 cm³/mol. The molecule has 1 heterocycles. The highest BCUT2D eigenvalue weighted by Crippen LogP contribution is 2.08. The number of hydrogen-bond acceptors (Lipinski definition) is 3. The van der Waals surface area contributed by atoms with E-state index >= 15 is 0 Å². The largest absolute Gasteiger partial charge is 0.320 e. The number of rotatable bonds is 6. The predicted octanol–water partition coefficient (Wildman–Crippen LogP) is 1.86. The quantitative estimate of drug-likeness (QED) is 0.705. The normalized spacial score (nSPS) is 10.2. The molecule has 0 fully saturated rings. The molecule has 0 amide bonds. The van der Waals surface area contributed by atoms with Gasteiger partial charge in [0.15, 0.2) is 0 Å². The van der Waals surface area contributed by atoms with Crippen molar-refractivity contribution in [2.45, 2.75) is 19.3 Å². The van der Waals surface area contributed by atoms with E-state index in [2.05, 4.69) is 5.32 Å². The van der Waals surface area contributed by atoms with Crippen LogP contribution in [0.25, 0.3) is 0 Å². The highest BCUT2D eigenvalue weighted by atomic mass is 32.1. The Kier molecular flexibility index (Phi) is 4.72. The Morgan fingerprint density at radius 1 is 1.62 bits per heavy atom. The van der Waals surface area contributed by atoms with Crippen molar-refractivity contribution in [1.29, 1.82) is 0 Å². The summed E-state index contributed by atoms with van der Waals surface area (Å²) in [5, 5.41) is 7.08. The van der Waals surface area contributed by atoms with E-state index < -0.39 is 0 Å². The maximum absolute atomic E-state index is 11.4. The molecular weight excluding hydrogens is 182 g/mol. The van der Waals surface area contributed by atoms with E-state index in [1.165, 1.54) is 0 Å². The number of thiophene rings is 1. The fourth-order valence-electron chi connectivity index (χ4n) is 1.17. The van der Waals surface area contributed by atoms with Gasteiger partial charge in [-0.2, -0.15) is 11.3 Å². The van der Waals surface area contributed by atoms with Crippen LogP contribution in [0.5, 0.6) is 0 Å². The smallest absolute Gasteiger partial charge is 0.137 e. The van der Waals surface area contributed by atoms with Crippen LogP contribution < -0.4 is 5.32 Å². The number of carbonyl (C=O) groups excluding carboxylic acids is 1. The molecule has 13 heavy (non-hydrogen) atoms. The first-order chi connectivity index (χ1) is 6.33. The van der Waals surface area contributed by atoms with Crippen molar-refractivity contribution < 1.29 is 4.79 Å². The van der Waals surface area contributed by atoms with Gasteiger partial charge < -0.3 is 5.32 Å². The number of nitrogens with one attached hydrogen (secondary N) is 1. The van der Waals surface area contributed by atoms with Crippen LogP contribution >= 0.6 is 11.3 Å². The lowest BCUT2D eigenvalue weighted by molar-refractivity contribution is -0.118. The van der Waals surface area contributed by atoms with Crippen LogP contribution in [0.15, 0.2) is 16.8 Å². The lowest BCUT2D eigenvalue weighted by atomic mass is 10.1. The molecule has 0 spiro atoms. The summed E-state index contributed by atoms with van der Waals surface area (Å²) >= 11 is 1.65. The van der Waals surface area contributed by atoms with Crippen LogP contribution in [0.1, 0.15) is 18.4 Å². The number of ketones is 1. The molecule has 0 aliphatic carbocycles. The number of Topliss-reactive ketones (excluding diaryl/α,β-unsaturated/α-hetero) is 1. The molecule has 0 saturated heterocycles. The van der Waals surface area contributed by atoms with E-state index in [-0.39, 0.29) is 0 Å². The molecule has 1 aromatic rings. The molecule has 0 aromatic carbocycles. The summed E-state index contributed by atoms with van der Waals surface area (Å²) in [5.74, 6) is 0.341. The fourth-order valence-corrected chi connectivity index (χ4v) is 1.84. The van der Waals surface area contributed by atoms with Crippen molar-refractivity contribution in [3.8, 4) is 0 Å². The first kappa shape index (κ1) is 10.4. The van der Waals surface area contributed by atoms with Crippen LogP contribution in [-0.4, -0.2) is 19.4 Å². The molecule has 0 atom stereocenters. The minimum atomic E-state index is 0.341. The Morgan fingerprint density at radius 2 is 2.46 bits per heavy atom. The van der Waals surface area contributed by atoms with E-state index in [1.54, 1.807) is 11.3 Å². The summed E-state index contributed by atoms with van der Waals surface area (Å²) in [6.45, 7) is 0.926. The van der Waals surface area contributed by atoms with Gasteiger partial charge in [-0.25, -0.2) is 0 Å². The van der Waals surface area contributed by atoms with Crippen LogP contribution in [0.2, 0.25) is 0 Å². The summed E-state index contributed by atoms with van der Waals surface area (Å²) in [6, 6.07) is 2.01. The molecule has 1 rings (SSSR count). The summed E-state index contributed by atoms with van der Waals surface area (Å²) < 4.78 is 0. The molecule has 0 aliphatic rings. The SMILES string of the molecule is CNCCCC(=O)Cc1ccsc1. The lowest BCUT2D eigenvalue weighted by Crippen LogP contribution is -2.10. The second kappa shape index (κ2) is 5.89. The van der Waals surface area contributed by atoms with Crippen molar-refractivity contribution in [2.24, 2.45) is 0 Å². The Bertz CT molecular complexity index is 243. The topological polar surface area (TPSA) is 29.1 Å². The summed E-state index contributed by atoms with van der Waals surface area (Å²) in [6.07, 6.45) is 2.24. The minimum Gasteiger partial charge on any atom is -0.320 e. The van der Waals surface area contributed by atoms with Gasteiger partial charge in [0.05, 0.1) is 0 Å². The molecule has 72 valence electrons. The van der Waals surface area contributed by atoms with Crippen LogP contribution in [-0.2, 0) is 11.2 Å². The molecular formula is C10H15NOS. The van der Waals surface area contributed by atoms with Crippen LogP contribution in [0, 0.1) is 0 Å². The molecule has 0 radical (unpaired) electrons. The maximum Gasteiger partial charge on any atom is 0.137 e. The molecule has 2 nitrogen and oxygen atoms in total. The van der Waals surface area contributed by atoms with Gasteiger partial charge in [-0.05, 0) is 42.4 Å². The molecule has 0 saturated carbocycles. The van der Waals surface area contributed by atoms with E-state index in [4.69, 9.17) is 0 Å². The van der Waals surface area contributed by atoms with Gasteiger partial charge in [-0.3, -0.25) is 4.79 Å². The van der Waals surface area contributed by atoms with E-state index in [9.17, 15) is 4.79 Å². The summed E-state index contributed by atoms with van der Waals surface area (Å²) in [7, 11) is 1.91. The van der Waals surface area contributed by atoms with E-state index in [0.29, 0.717) is 18.6 Å². The second-order valence-corrected chi connectivity index (χ2v) is 3.83. The zero-order valence-electron chi connectivity index (χ0n) is 7.88. The van der Waals surface area contributed by atoms with Crippen molar-refractivity contribution in [3.05, 3.63) is 22.4 Å². The molecule has 1 N–H and O–H groups in total. The third-order valence-electron chi connectivity index (χ3n) is 1.86. The highest BCUT2D eigenvalue weighted by molar-refractivity contribution is 7.07. The Labute approximate surface area is 83.0 Å². The van der Waals surface area contributed by atoms with E-state index in [1.807, 2.05) is 23.9 Å². The average Bonchev–Trinajstić information content (AvgIpc) is 2.57. The molecule has 0 unspecified atom stereocenters. The molecule has 0 aliphatic heterocycles. The van der Waals surface area contributed by atoms with Gasteiger partial charge >= 0.3 is 0 Å². The van der Waals surface area contributed by atoms with Crippen LogP contribution in [0.3, 0.4) is 0 Å². The van der Waals surface area contributed by atoms with Gasteiger partial charge in [-0.1, -0.05) is 0 Å². The van der Waals surface area contributed by atoms with Gasteiger partial charge in [0.25, 0.3) is 0 Å². The molecule has 1 aromatic heterocycles. The maximum atomic E-state index is 11.4. The van der Waals surface area contributed by atoms with Gasteiger partial charge in [0, 0.05) is 12.8 Å². The van der Waals surface area contributed by atoms with Crippen molar-refractivity contribution in [3.63, 3.8) is 0 Å². The lowest BCUT2D eigenvalue weighted by Gasteiger charge is -1.98. The summed E-state index contributed by atoms with van der Waals surface area (Å²) in [4.78, 5) is 11.4. The van der Waals surface area contributed by atoms with Crippen LogP contribution in [0.4, 0.5) is 0 Å². The van der Waals surface area contributed by atoms with Gasteiger partial charge in [0.1, 0.15) is 5.78 Å².